The lowest BCUT2D eigenvalue weighted by Gasteiger charge is -2.42. The highest BCUT2D eigenvalue weighted by Gasteiger charge is 2.44. The van der Waals surface area contributed by atoms with Crippen LogP contribution in [0.15, 0.2) is 40.5 Å². The number of nitrogens with zero attached hydrogens (tertiary/aromatic N) is 2. The predicted octanol–water partition coefficient (Wildman–Crippen LogP) is 1.62. The van der Waals surface area contributed by atoms with Crippen molar-refractivity contribution in [2.75, 3.05) is 44.4 Å². The van der Waals surface area contributed by atoms with Crippen LogP contribution in [0.25, 0.3) is 0 Å². The molecule has 8 heteroatoms. The summed E-state index contributed by atoms with van der Waals surface area (Å²) in [6.45, 7) is 1.94. The van der Waals surface area contributed by atoms with Gasteiger partial charge in [-0.1, -0.05) is 6.07 Å². The van der Waals surface area contributed by atoms with Gasteiger partial charge in [0.1, 0.15) is 18.5 Å². The van der Waals surface area contributed by atoms with Gasteiger partial charge in [-0.05, 0) is 11.4 Å². The summed E-state index contributed by atoms with van der Waals surface area (Å²) < 4.78 is 16.7. The second-order valence-corrected chi connectivity index (χ2v) is 7.14. The molecule has 0 aliphatic carbocycles. The van der Waals surface area contributed by atoms with Crippen molar-refractivity contribution in [3.05, 3.63) is 41.0 Å². The number of hydrogen-bond donors (Lipinski definition) is 0. The Labute approximate surface area is 148 Å². The molecule has 2 aliphatic heterocycles. The lowest BCUT2D eigenvalue weighted by molar-refractivity contribution is -0.145. The molecule has 0 N–H and O–H groups in total. The third-order valence-corrected chi connectivity index (χ3v) is 5.29. The summed E-state index contributed by atoms with van der Waals surface area (Å²) in [7, 11) is 0. The smallest absolute Gasteiger partial charge is 0.264 e. The number of ether oxygens (including phenoxy) is 2. The summed E-state index contributed by atoms with van der Waals surface area (Å²) in [5.74, 6) is -0.164. The summed E-state index contributed by atoms with van der Waals surface area (Å²) in [6, 6.07) is 5.41. The van der Waals surface area contributed by atoms with Gasteiger partial charge in [-0.15, -0.1) is 11.3 Å². The minimum atomic E-state index is -0.741. The van der Waals surface area contributed by atoms with Gasteiger partial charge in [-0.25, -0.2) is 0 Å². The molecule has 0 unspecified atom stereocenters. The van der Waals surface area contributed by atoms with Crippen LogP contribution in [0.3, 0.4) is 0 Å². The molecule has 2 fully saturated rings. The SMILES string of the molecule is O=C(c1cccs1)N1CCOC[C@]2(C1)CN(c1ccoc1)C(=O)CO2. The van der Waals surface area contributed by atoms with Crippen molar-refractivity contribution < 1.29 is 23.5 Å². The van der Waals surface area contributed by atoms with Gasteiger partial charge in [0.25, 0.3) is 11.8 Å². The van der Waals surface area contributed by atoms with Gasteiger partial charge < -0.3 is 23.7 Å². The van der Waals surface area contributed by atoms with Crippen molar-refractivity contribution in [2.45, 2.75) is 5.60 Å². The molecule has 7 nitrogen and oxygen atoms in total. The third-order valence-electron chi connectivity index (χ3n) is 4.44. The van der Waals surface area contributed by atoms with E-state index in [-0.39, 0.29) is 18.4 Å². The maximum atomic E-state index is 12.7. The van der Waals surface area contributed by atoms with E-state index in [4.69, 9.17) is 13.9 Å². The summed E-state index contributed by atoms with van der Waals surface area (Å²) in [4.78, 5) is 29.1. The summed E-state index contributed by atoms with van der Waals surface area (Å²) in [5, 5.41) is 1.88. The van der Waals surface area contributed by atoms with E-state index in [1.54, 1.807) is 15.9 Å². The fourth-order valence-corrected chi connectivity index (χ4v) is 3.87. The van der Waals surface area contributed by atoms with E-state index in [0.717, 1.165) is 0 Å². The van der Waals surface area contributed by atoms with E-state index >= 15 is 0 Å². The number of rotatable bonds is 2. The van der Waals surface area contributed by atoms with Gasteiger partial charge in [0.2, 0.25) is 0 Å². The Balaban J connectivity index is 1.57. The first-order chi connectivity index (χ1) is 12.2. The molecule has 4 rings (SSSR count). The van der Waals surface area contributed by atoms with Crippen molar-refractivity contribution >= 4 is 28.8 Å². The zero-order chi connectivity index (χ0) is 17.3. The van der Waals surface area contributed by atoms with E-state index < -0.39 is 5.60 Å². The van der Waals surface area contributed by atoms with Crippen molar-refractivity contribution in [1.29, 1.82) is 0 Å². The number of amides is 2. The Morgan fingerprint density at radius 2 is 2.20 bits per heavy atom. The number of carbonyl (C=O) groups excluding carboxylic acids is 2. The molecule has 2 aromatic heterocycles. The Morgan fingerprint density at radius 3 is 2.96 bits per heavy atom. The Kier molecular flexibility index (Phi) is 4.32. The van der Waals surface area contributed by atoms with Crippen LogP contribution < -0.4 is 4.90 Å². The zero-order valence-electron chi connectivity index (χ0n) is 13.6. The monoisotopic (exact) mass is 362 g/mol. The second-order valence-electron chi connectivity index (χ2n) is 6.19. The predicted molar refractivity (Wildman–Crippen MR) is 90.8 cm³/mol. The largest absolute Gasteiger partial charge is 0.470 e. The molecule has 0 aromatic carbocycles. The van der Waals surface area contributed by atoms with Crippen molar-refractivity contribution in [2.24, 2.45) is 0 Å². The first-order valence-electron chi connectivity index (χ1n) is 8.04. The van der Waals surface area contributed by atoms with Gasteiger partial charge in [-0.2, -0.15) is 0 Å². The molecular formula is C17H18N2O5S. The summed E-state index contributed by atoms with van der Waals surface area (Å²) >= 11 is 1.42. The van der Waals surface area contributed by atoms with E-state index in [1.807, 2.05) is 17.5 Å². The molecular weight excluding hydrogens is 344 g/mol. The molecule has 2 saturated heterocycles. The molecule has 25 heavy (non-hydrogen) atoms. The van der Waals surface area contributed by atoms with Crippen LogP contribution in [0.2, 0.25) is 0 Å². The molecule has 0 saturated carbocycles. The van der Waals surface area contributed by atoms with Crippen LogP contribution in [-0.2, 0) is 14.3 Å². The molecule has 2 amide bonds. The van der Waals surface area contributed by atoms with E-state index in [0.29, 0.717) is 43.4 Å². The maximum absolute atomic E-state index is 12.7. The van der Waals surface area contributed by atoms with Crippen LogP contribution in [0.5, 0.6) is 0 Å². The zero-order valence-corrected chi connectivity index (χ0v) is 14.4. The van der Waals surface area contributed by atoms with Crippen LogP contribution in [-0.4, -0.2) is 61.8 Å². The lowest BCUT2D eigenvalue weighted by Crippen LogP contribution is -2.61. The lowest BCUT2D eigenvalue weighted by atomic mass is 10.0. The highest BCUT2D eigenvalue weighted by molar-refractivity contribution is 7.12. The van der Waals surface area contributed by atoms with Gasteiger partial charge in [0.15, 0.2) is 0 Å². The van der Waals surface area contributed by atoms with Gasteiger partial charge in [0, 0.05) is 12.6 Å². The Hall–Kier alpha value is -2.16. The van der Waals surface area contributed by atoms with Gasteiger partial charge in [-0.3, -0.25) is 9.59 Å². The number of morpholine rings is 1. The van der Waals surface area contributed by atoms with Crippen LogP contribution in [0.1, 0.15) is 9.67 Å². The highest BCUT2D eigenvalue weighted by atomic mass is 32.1. The van der Waals surface area contributed by atoms with E-state index in [1.165, 1.54) is 23.9 Å². The fraction of sp³-hybridized carbons (Fsp3) is 0.412. The van der Waals surface area contributed by atoms with Crippen molar-refractivity contribution in [3.8, 4) is 0 Å². The molecule has 2 aliphatic rings. The maximum Gasteiger partial charge on any atom is 0.264 e. The molecule has 4 heterocycles. The molecule has 0 bridgehead atoms. The molecule has 132 valence electrons. The van der Waals surface area contributed by atoms with Crippen LogP contribution >= 0.6 is 11.3 Å². The first kappa shape index (κ1) is 16.3. The minimum Gasteiger partial charge on any atom is -0.470 e. The average Bonchev–Trinajstić information content (AvgIpc) is 3.30. The van der Waals surface area contributed by atoms with Gasteiger partial charge >= 0.3 is 0 Å². The average molecular weight is 362 g/mol. The standard InChI is InChI=1S/C17H18N2O5S/c20-15-9-24-17(11-19(15)13-3-5-22-8-13)10-18(4-6-23-12-17)16(21)14-2-1-7-25-14/h1-3,5,7-8H,4,6,9-12H2/t17-/m0/s1. The number of hydrogen-bond acceptors (Lipinski definition) is 6. The summed E-state index contributed by atoms with van der Waals surface area (Å²) in [6.07, 6.45) is 3.06. The Morgan fingerprint density at radius 1 is 1.28 bits per heavy atom. The van der Waals surface area contributed by atoms with E-state index in [2.05, 4.69) is 0 Å². The Bertz CT molecular complexity index is 745. The number of thiophene rings is 1. The number of anilines is 1. The number of carbonyl (C=O) groups is 2. The van der Waals surface area contributed by atoms with E-state index in [9.17, 15) is 9.59 Å². The highest BCUT2D eigenvalue weighted by Crippen LogP contribution is 2.28. The van der Waals surface area contributed by atoms with Crippen LogP contribution in [0.4, 0.5) is 5.69 Å². The molecule has 1 atom stereocenters. The fourth-order valence-electron chi connectivity index (χ4n) is 3.18. The normalized spacial score (nSPS) is 24.6. The van der Waals surface area contributed by atoms with Gasteiger partial charge in [0.05, 0.1) is 43.1 Å². The topological polar surface area (TPSA) is 72.2 Å². The quantitative estimate of drug-likeness (QED) is 0.812. The molecule has 0 radical (unpaired) electrons. The summed E-state index contributed by atoms with van der Waals surface area (Å²) in [5.41, 5.74) is -0.0535. The number of furan rings is 1. The molecule has 1 spiro atoms. The van der Waals surface area contributed by atoms with Crippen molar-refractivity contribution in [1.82, 2.24) is 4.90 Å². The van der Waals surface area contributed by atoms with Crippen molar-refractivity contribution in [3.63, 3.8) is 0 Å². The first-order valence-corrected chi connectivity index (χ1v) is 8.92. The third kappa shape index (κ3) is 3.20. The minimum absolute atomic E-state index is 0.0322. The molecule has 2 aromatic rings. The van der Waals surface area contributed by atoms with Crippen LogP contribution in [0, 0.1) is 0 Å². The second kappa shape index (κ2) is 6.62.